The molecule has 0 saturated carbocycles. The van der Waals surface area contributed by atoms with E-state index in [1.807, 2.05) is 0 Å². The van der Waals surface area contributed by atoms with Gasteiger partial charge in [-0.05, 0) is 25.7 Å². The second-order valence-electron chi connectivity index (χ2n) is 21.7. The van der Waals surface area contributed by atoms with Crippen LogP contribution in [0.2, 0.25) is 0 Å². The summed E-state index contributed by atoms with van der Waals surface area (Å²) in [4.78, 5) is 71.9. The highest BCUT2D eigenvalue weighted by Gasteiger charge is 2.30. The van der Waals surface area contributed by atoms with E-state index < -0.39 is 97.5 Å². The molecule has 0 aliphatic rings. The highest BCUT2D eigenvalue weighted by molar-refractivity contribution is 7.47. The van der Waals surface area contributed by atoms with Crippen molar-refractivity contribution in [3.05, 3.63) is 0 Å². The summed E-state index contributed by atoms with van der Waals surface area (Å²) in [5.41, 5.74) is 0. The molecule has 0 aromatic carbocycles. The lowest BCUT2D eigenvalue weighted by Gasteiger charge is -2.21. The number of hydrogen-bond acceptors (Lipinski definition) is 15. The normalized spacial score (nSPS) is 14.3. The van der Waals surface area contributed by atoms with Crippen LogP contribution in [0.4, 0.5) is 0 Å². The number of carbonyl (C=O) groups is 4. The molecular formula is C60H116O17P2. The first-order valence-corrected chi connectivity index (χ1v) is 34.8. The fourth-order valence-electron chi connectivity index (χ4n) is 8.93. The maximum atomic E-state index is 12.9. The second-order valence-corrected chi connectivity index (χ2v) is 24.6. The summed E-state index contributed by atoms with van der Waals surface area (Å²) in [5.74, 6) is -2.14. The van der Waals surface area contributed by atoms with Gasteiger partial charge in [-0.25, -0.2) is 9.13 Å². The minimum atomic E-state index is -4.94. The van der Waals surface area contributed by atoms with Gasteiger partial charge in [0.25, 0.3) is 0 Å². The lowest BCUT2D eigenvalue weighted by atomic mass is 10.1. The van der Waals surface area contributed by atoms with E-state index in [0.29, 0.717) is 25.7 Å². The fraction of sp³-hybridized carbons (Fsp3) is 0.933. The zero-order chi connectivity index (χ0) is 58.3. The molecule has 19 heteroatoms. The quantitative estimate of drug-likeness (QED) is 0.0222. The van der Waals surface area contributed by atoms with Crippen molar-refractivity contribution in [3.8, 4) is 0 Å². The highest BCUT2D eigenvalue weighted by Crippen LogP contribution is 2.45. The summed E-state index contributed by atoms with van der Waals surface area (Å²) in [6, 6.07) is 0. The van der Waals surface area contributed by atoms with E-state index in [1.54, 1.807) is 0 Å². The molecule has 0 aliphatic heterocycles. The number of rotatable bonds is 61. The van der Waals surface area contributed by atoms with Gasteiger partial charge < -0.3 is 33.8 Å². The lowest BCUT2D eigenvalue weighted by Crippen LogP contribution is -2.30. The second kappa shape index (κ2) is 55.3. The molecule has 0 heterocycles. The molecule has 0 radical (unpaired) electrons. The van der Waals surface area contributed by atoms with E-state index in [0.717, 1.165) is 96.3 Å². The fourth-order valence-corrected chi connectivity index (χ4v) is 10.5. The maximum absolute atomic E-state index is 12.9. The number of carbonyl (C=O) groups excluding carboxylic acids is 4. The summed E-state index contributed by atoms with van der Waals surface area (Å²) in [5, 5.41) is 10.5. The average Bonchev–Trinajstić information content (AvgIpc) is 3.42. The first-order chi connectivity index (χ1) is 38.2. The zero-order valence-corrected chi connectivity index (χ0v) is 52.1. The maximum Gasteiger partial charge on any atom is 0.472 e. The lowest BCUT2D eigenvalue weighted by molar-refractivity contribution is -0.161. The molecule has 0 aromatic heterocycles. The number of aliphatic hydroxyl groups is 1. The molecule has 0 rings (SSSR count). The Labute approximate surface area is 479 Å². The Morgan fingerprint density at radius 1 is 0.304 bits per heavy atom. The van der Waals surface area contributed by atoms with Gasteiger partial charge in [0.15, 0.2) is 12.2 Å². The van der Waals surface area contributed by atoms with Crippen molar-refractivity contribution in [1.82, 2.24) is 0 Å². The Morgan fingerprint density at radius 3 is 0.747 bits per heavy atom. The number of aliphatic hydroxyl groups excluding tert-OH is 1. The summed E-state index contributed by atoms with van der Waals surface area (Å²) in [7, 11) is -9.87. The average molecular weight is 1170 g/mol. The van der Waals surface area contributed by atoms with Gasteiger partial charge >= 0.3 is 39.5 Å². The van der Waals surface area contributed by atoms with E-state index in [9.17, 15) is 43.2 Å². The molecule has 468 valence electrons. The van der Waals surface area contributed by atoms with Crippen LogP contribution < -0.4 is 0 Å². The molecule has 2 unspecified atom stereocenters. The molecule has 79 heavy (non-hydrogen) atoms. The molecule has 0 saturated heterocycles. The third-order valence-corrected chi connectivity index (χ3v) is 15.8. The van der Waals surface area contributed by atoms with Crippen molar-refractivity contribution >= 4 is 39.5 Å². The first kappa shape index (κ1) is 77.1. The molecule has 0 amide bonds. The predicted octanol–water partition coefficient (Wildman–Crippen LogP) is 16.4. The highest BCUT2D eigenvalue weighted by atomic mass is 31.2. The van der Waals surface area contributed by atoms with Gasteiger partial charge in [0.1, 0.15) is 19.3 Å². The Bertz CT molecular complexity index is 1540. The first-order valence-electron chi connectivity index (χ1n) is 31.8. The number of phosphoric acid groups is 2. The van der Waals surface area contributed by atoms with E-state index in [-0.39, 0.29) is 25.7 Å². The van der Waals surface area contributed by atoms with Gasteiger partial charge in [0, 0.05) is 25.7 Å². The van der Waals surface area contributed by atoms with Crippen LogP contribution >= 0.6 is 15.6 Å². The van der Waals surface area contributed by atoms with Crippen molar-refractivity contribution in [2.24, 2.45) is 0 Å². The number of hydrogen-bond donors (Lipinski definition) is 3. The van der Waals surface area contributed by atoms with E-state index >= 15 is 0 Å². The van der Waals surface area contributed by atoms with Gasteiger partial charge in [-0.3, -0.25) is 37.3 Å². The summed E-state index contributed by atoms with van der Waals surface area (Å²) < 4.78 is 67.7. The van der Waals surface area contributed by atoms with Gasteiger partial charge in [-0.2, -0.15) is 0 Å². The third kappa shape index (κ3) is 55.0. The van der Waals surface area contributed by atoms with Crippen LogP contribution in [-0.2, 0) is 65.4 Å². The van der Waals surface area contributed by atoms with Gasteiger partial charge in [0.2, 0.25) is 0 Å². The smallest absolute Gasteiger partial charge is 0.462 e. The zero-order valence-electron chi connectivity index (χ0n) is 50.3. The number of esters is 4. The Balaban J connectivity index is 5.22. The minimum absolute atomic E-state index is 0.106. The standard InChI is InChI=1S/C60H116O17P2/c1-5-9-13-17-21-25-28-31-35-39-43-47-60(65)77-56(51-71-58(63)45-41-37-33-29-26-22-18-14-10-6-2)53-75-79(68,69)73-49-54(61)48-72-78(66,67)74-52-55(50-70-57(62)44-40-36-32-24-20-16-12-8-4)76-59(64)46-42-38-34-30-27-23-19-15-11-7-3/h54-56,61H,5-53H2,1-4H3,(H,66,67)(H,68,69)/t54-,55+,56+/m0/s1. The van der Waals surface area contributed by atoms with Crippen LogP contribution in [-0.4, -0.2) is 96.7 Å². The molecule has 0 fully saturated rings. The van der Waals surface area contributed by atoms with E-state index in [2.05, 4.69) is 27.7 Å². The predicted molar refractivity (Wildman–Crippen MR) is 312 cm³/mol. The van der Waals surface area contributed by atoms with E-state index in [4.69, 9.17) is 37.0 Å². The van der Waals surface area contributed by atoms with Crippen LogP contribution in [0.3, 0.4) is 0 Å². The van der Waals surface area contributed by atoms with Crippen molar-refractivity contribution in [2.75, 3.05) is 39.6 Å². The van der Waals surface area contributed by atoms with Crippen molar-refractivity contribution < 1.29 is 80.2 Å². The van der Waals surface area contributed by atoms with Gasteiger partial charge in [0.05, 0.1) is 26.4 Å². The van der Waals surface area contributed by atoms with Gasteiger partial charge in [-0.15, -0.1) is 0 Å². The van der Waals surface area contributed by atoms with Crippen molar-refractivity contribution in [1.29, 1.82) is 0 Å². The van der Waals surface area contributed by atoms with Crippen molar-refractivity contribution in [2.45, 2.75) is 322 Å². The number of phosphoric ester groups is 2. The molecule has 3 N–H and O–H groups in total. The molecule has 0 bridgehead atoms. The number of unbranched alkanes of at least 4 members (excludes halogenated alkanes) is 35. The number of ether oxygens (including phenoxy) is 4. The van der Waals surface area contributed by atoms with E-state index in [1.165, 1.54) is 128 Å². The molecule has 0 aromatic rings. The van der Waals surface area contributed by atoms with Gasteiger partial charge in [-0.1, -0.05) is 252 Å². The minimum Gasteiger partial charge on any atom is -0.462 e. The summed E-state index contributed by atoms with van der Waals surface area (Å²) >= 11 is 0. The Kier molecular flexibility index (Phi) is 53.9. The molecule has 5 atom stereocenters. The SMILES string of the molecule is CCCCCCCCCCCCCC(=O)O[C@H](COC(=O)CCCCCCCCCCCC)COP(=O)(O)OC[C@@H](O)COP(=O)(O)OC[C@@H](COC(=O)CCCCCCCCCC)OC(=O)CCCCCCCCCCCC. The largest absolute Gasteiger partial charge is 0.472 e. The Hall–Kier alpha value is -1.94. The summed E-state index contributed by atoms with van der Waals surface area (Å²) in [6.45, 7) is 4.82. The topological polar surface area (TPSA) is 237 Å². The molecular weight excluding hydrogens is 1050 g/mol. The van der Waals surface area contributed by atoms with Crippen molar-refractivity contribution in [3.63, 3.8) is 0 Å². The monoisotopic (exact) mass is 1170 g/mol. The third-order valence-electron chi connectivity index (χ3n) is 13.9. The molecule has 0 spiro atoms. The summed E-state index contributed by atoms with van der Waals surface area (Å²) in [6.07, 6.45) is 38.8. The molecule has 17 nitrogen and oxygen atoms in total. The Morgan fingerprint density at radius 2 is 0.506 bits per heavy atom. The van der Waals surface area contributed by atoms with Crippen LogP contribution in [0.5, 0.6) is 0 Å². The van der Waals surface area contributed by atoms with Crippen LogP contribution in [0.1, 0.15) is 304 Å². The molecule has 0 aliphatic carbocycles. The van der Waals surface area contributed by atoms with Crippen LogP contribution in [0.15, 0.2) is 0 Å². The van der Waals surface area contributed by atoms with Crippen LogP contribution in [0, 0.1) is 0 Å². The van der Waals surface area contributed by atoms with Crippen LogP contribution in [0.25, 0.3) is 0 Å².